The summed E-state index contributed by atoms with van der Waals surface area (Å²) in [7, 11) is 0. The second kappa shape index (κ2) is 28.3. The number of carbonyl (C=O) groups is 8. The summed E-state index contributed by atoms with van der Waals surface area (Å²) in [5.41, 5.74) is -11.8. The smallest absolute Gasteiger partial charge is 0.471 e. The Morgan fingerprint density at radius 1 is 0.234 bits per heavy atom. The molecule has 0 unspecified atom stereocenters. The van der Waals surface area contributed by atoms with Gasteiger partial charge in [0, 0.05) is 56.6 Å². The Morgan fingerprint density at radius 2 is 0.414 bits per heavy atom. The van der Waals surface area contributed by atoms with Crippen LogP contribution in [0.15, 0.2) is 103 Å². The first-order valence-electron chi connectivity index (χ1n) is 32.8. The molecule has 0 radical (unpaired) electrons. The predicted molar refractivity (Wildman–Crippen MR) is 375 cm³/mol. The quantitative estimate of drug-likeness (QED) is 0.0644. The van der Waals surface area contributed by atoms with Gasteiger partial charge in [0.1, 0.15) is 5.75 Å². The van der Waals surface area contributed by atoms with E-state index in [1.165, 1.54) is 106 Å². The lowest BCUT2D eigenvalue weighted by atomic mass is 9.90. The average Bonchev–Trinajstić information content (AvgIpc) is 0.692. The van der Waals surface area contributed by atoms with Gasteiger partial charge in [-0.25, -0.2) is 0 Å². The van der Waals surface area contributed by atoms with E-state index >= 15 is 70.2 Å². The SMILES string of the molecule is Cc1cc2cc(c1)C(=O)Nc1cc(c(C)cc1C)NC(=O)c1cc(C)cc3c1OC(F)(F)C(F)(F)C(F)(F)C(F)(F)C(F)(F)C(F)(F)C(F)(F)C(F)(F)Oc1c(cc(C)cc1C(=O)Nc1cc(c(C)cc1C)NC(=O)c1cc(C)cc(c1O)C(=O)Nc1cc(c(C)cc1C)NC3=O)C(=O)Nc1cc(c(C)cc1C)NC2=O. The van der Waals surface area contributed by atoms with Gasteiger partial charge >= 0.3 is 47.8 Å². The normalized spacial score (nSPS) is 18.1. The van der Waals surface area contributed by atoms with Crippen molar-refractivity contribution in [2.45, 2.75) is 131 Å². The van der Waals surface area contributed by atoms with E-state index in [0.29, 0.717) is 24.3 Å². The number of anilines is 8. The monoisotopic (exact) mass is 1570 g/mol. The molecule has 111 heavy (non-hydrogen) atoms. The summed E-state index contributed by atoms with van der Waals surface area (Å²) in [6.07, 6.45) is -15.5. The molecule has 0 saturated heterocycles. The van der Waals surface area contributed by atoms with E-state index in [9.17, 15) is 43.5 Å². The van der Waals surface area contributed by atoms with Gasteiger partial charge in [0.15, 0.2) is 11.5 Å². The van der Waals surface area contributed by atoms with Crippen LogP contribution in [0.5, 0.6) is 17.2 Å². The zero-order valence-corrected chi connectivity index (χ0v) is 59.9. The molecule has 10 rings (SSSR count). The van der Waals surface area contributed by atoms with E-state index < -0.39 is 180 Å². The molecule has 19 nitrogen and oxygen atoms in total. The number of rotatable bonds is 0. The second-order valence-electron chi connectivity index (χ2n) is 26.9. The van der Waals surface area contributed by atoms with Crippen molar-refractivity contribution >= 4 is 92.8 Å². The van der Waals surface area contributed by atoms with E-state index in [1.54, 1.807) is 0 Å². The highest BCUT2D eigenvalue weighted by atomic mass is 19.4. The van der Waals surface area contributed by atoms with Gasteiger partial charge in [-0.2, -0.15) is 70.2 Å². The van der Waals surface area contributed by atoms with E-state index in [-0.39, 0.29) is 89.5 Å². The number of carbonyl (C=O) groups excluding carboxylic acids is 8. The number of phenolic OH excluding ortho intramolecular Hbond substituents is 1. The number of hydrogen-bond donors (Lipinski definition) is 9. The maximum atomic E-state index is 16.8. The Bertz CT molecular complexity index is 5040. The third-order valence-electron chi connectivity index (χ3n) is 18.2. The van der Waals surface area contributed by atoms with Gasteiger partial charge < -0.3 is 57.1 Å². The molecule has 0 spiro atoms. The van der Waals surface area contributed by atoms with Crippen molar-refractivity contribution in [3.05, 3.63) is 214 Å². The molecule has 0 fully saturated rings. The molecule has 8 amide bonds. The average molecular weight is 1570 g/mol. The number of amides is 8. The van der Waals surface area contributed by atoms with Gasteiger partial charge in [-0.15, -0.1) is 0 Å². The molecule has 35 heteroatoms. The number of halogens is 16. The summed E-state index contributed by atoms with van der Waals surface area (Å²) in [5, 5.41) is 30.1. The number of aromatic hydroxyl groups is 1. The van der Waals surface area contributed by atoms with Gasteiger partial charge in [0.05, 0.1) is 33.4 Å². The molecule has 2 heterocycles. The minimum atomic E-state index is -9.17. The van der Waals surface area contributed by atoms with Crippen LogP contribution in [0.2, 0.25) is 0 Å². The Balaban J connectivity index is 1.26. The van der Waals surface area contributed by atoms with Crippen molar-refractivity contribution in [3.63, 3.8) is 0 Å². The van der Waals surface area contributed by atoms with Crippen molar-refractivity contribution in [1.29, 1.82) is 0 Å². The Hall–Kier alpha value is -12.2. The third kappa shape index (κ3) is 14.5. The number of alkyl halides is 16. The molecule has 8 aromatic carbocycles. The van der Waals surface area contributed by atoms with Gasteiger partial charge in [-0.05, 0) is 229 Å². The summed E-state index contributed by atoms with van der Waals surface area (Å²) >= 11 is 0. The largest absolute Gasteiger partial charge is 0.506 e. The Kier molecular flexibility index (Phi) is 20.8. The summed E-state index contributed by atoms with van der Waals surface area (Å²) in [6, 6.07) is 16.2. The van der Waals surface area contributed by atoms with E-state index in [4.69, 9.17) is 0 Å². The second-order valence-corrected chi connectivity index (χ2v) is 26.9. The highest BCUT2D eigenvalue weighted by Crippen LogP contribution is 2.64. The Morgan fingerprint density at radius 3 is 0.640 bits per heavy atom. The first kappa shape index (κ1) is 81.3. The zero-order chi connectivity index (χ0) is 82.6. The molecule has 584 valence electrons. The van der Waals surface area contributed by atoms with Crippen LogP contribution in [0.1, 0.15) is 150 Å². The number of phenols is 1. The van der Waals surface area contributed by atoms with Crippen LogP contribution in [-0.2, 0) is 0 Å². The van der Waals surface area contributed by atoms with Gasteiger partial charge in [0.2, 0.25) is 0 Å². The molecule has 0 saturated carbocycles. The minimum Gasteiger partial charge on any atom is -0.506 e. The minimum absolute atomic E-state index is 0.0298. The van der Waals surface area contributed by atoms with Crippen molar-refractivity contribution in [2.24, 2.45) is 0 Å². The van der Waals surface area contributed by atoms with Gasteiger partial charge in [-0.1, -0.05) is 24.3 Å². The van der Waals surface area contributed by atoms with Crippen molar-refractivity contribution in [3.8, 4) is 17.2 Å². The number of hydrogen-bond acceptors (Lipinski definition) is 11. The molecular formula is C76H62F16N8O11. The molecule has 14 bridgehead atoms. The molecule has 2 aliphatic heterocycles. The van der Waals surface area contributed by atoms with Gasteiger partial charge in [0.25, 0.3) is 47.3 Å². The summed E-state index contributed by atoms with van der Waals surface area (Å²) in [6.45, 7) is 15.2. The fourth-order valence-corrected chi connectivity index (χ4v) is 12.2. The van der Waals surface area contributed by atoms with Crippen LogP contribution in [0.25, 0.3) is 0 Å². The topological polar surface area (TPSA) is 271 Å². The first-order chi connectivity index (χ1) is 51.1. The van der Waals surface area contributed by atoms with Crippen LogP contribution >= 0.6 is 0 Å². The van der Waals surface area contributed by atoms with Crippen LogP contribution < -0.4 is 52.0 Å². The van der Waals surface area contributed by atoms with Crippen molar-refractivity contribution in [1.82, 2.24) is 0 Å². The van der Waals surface area contributed by atoms with Crippen molar-refractivity contribution < 1.29 is 123 Å². The standard InChI is InChI=1S/C76H62F16N8O11/c1-30-13-42-25-43(14-30)62(103)94-51-27-55(39(10)22-35(51)6)98-66(107)47-18-33(4)20-49-60(47)111-76(91,92)74(87,88)72(83,84)70(79,80)69(77,78)71(81,82)73(85,86)75(89,90)110-59-46(65(106)97-54-26-50(93-61(42)102)34(5)21-38(54)9)17-32(3)19-48(59)67(108)99-56-28-52(36(7)23-40(56)11)95-63(104)44-15-31(2)16-45(58(44)101)64(105)96-53-29-57(100-68(49)109)41(12)24-37(53)8/h13-29,101H,1-12H3,(H,93,102)(H,94,103)(H,95,104)(H,96,105)(H,97,106)(H,98,107)(H,99,108)(H,100,109). The van der Waals surface area contributed by atoms with Crippen molar-refractivity contribution in [2.75, 3.05) is 42.5 Å². The maximum absolute atomic E-state index is 16.8. The molecular weight excluding hydrogens is 1500 g/mol. The fraction of sp³-hybridized carbons (Fsp3) is 0.263. The molecule has 9 N–H and O–H groups in total. The third-order valence-corrected chi connectivity index (χ3v) is 18.2. The lowest BCUT2D eigenvalue weighted by Gasteiger charge is -2.43. The first-order valence-corrected chi connectivity index (χ1v) is 32.8. The highest BCUT2D eigenvalue weighted by molar-refractivity contribution is 6.17. The molecule has 0 aliphatic carbocycles. The van der Waals surface area contributed by atoms with E-state index in [2.05, 4.69) is 52.0 Å². The van der Waals surface area contributed by atoms with E-state index in [0.717, 1.165) is 56.3 Å². The maximum Gasteiger partial charge on any atom is 0.471 e. The van der Waals surface area contributed by atoms with Gasteiger partial charge in [-0.3, -0.25) is 38.4 Å². The number of ether oxygens (including phenoxy) is 2. The molecule has 0 aromatic heterocycles. The number of nitrogens with one attached hydrogen (secondary N) is 8. The van der Waals surface area contributed by atoms with Crippen LogP contribution in [0.4, 0.5) is 116 Å². The number of fused-ring (bicyclic) bond motifs is 21. The molecule has 8 aromatic rings. The zero-order valence-electron chi connectivity index (χ0n) is 59.9. The molecule has 0 atom stereocenters. The molecule has 2 aliphatic rings. The summed E-state index contributed by atoms with van der Waals surface area (Å²) in [4.78, 5) is 116. The Labute approximate surface area is 618 Å². The van der Waals surface area contributed by atoms with E-state index in [1.807, 2.05) is 0 Å². The number of aryl methyl sites for hydroxylation is 12. The lowest BCUT2D eigenvalue weighted by molar-refractivity contribution is -0.474. The number of benzene rings is 8. The summed E-state index contributed by atoms with van der Waals surface area (Å²) in [5.74, 6) is -71.4. The van der Waals surface area contributed by atoms with Crippen LogP contribution in [-0.4, -0.2) is 100 Å². The summed E-state index contributed by atoms with van der Waals surface area (Å²) < 4.78 is 271. The van der Waals surface area contributed by atoms with Crippen LogP contribution in [0.3, 0.4) is 0 Å². The highest BCUT2D eigenvalue weighted by Gasteiger charge is 2.96. The fourth-order valence-electron chi connectivity index (χ4n) is 12.2. The predicted octanol–water partition coefficient (Wildman–Crippen LogP) is 18.2. The van der Waals surface area contributed by atoms with Crippen LogP contribution in [0, 0.1) is 83.1 Å². The lowest BCUT2D eigenvalue weighted by Crippen LogP contribution is -2.75.